The normalized spacial score (nSPS) is 10.2. The van der Waals surface area contributed by atoms with Crippen molar-refractivity contribution in [1.82, 2.24) is 0 Å². The molecule has 2 aromatic carbocycles. The summed E-state index contributed by atoms with van der Waals surface area (Å²) in [5.41, 5.74) is 7.53. The smallest absolute Gasteiger partial charge is 0.148 e. The van der Waals surface area contributed by atoms with E-state index in [0.29, 0.717) is 17.9 Å². The molecule has 0 unspecified atom stereocenters. The molecule has 0 atom stereocenters. The van der Waals surface area contributed by atoms with Gasteiger partial charge in [-0.3, -0.25) is 0 Å². The van der Waals surface area contributed by atoms with Crippen molar-refractivity contribution in [3.05, 3.63) is 58.3 Å². The van der Waals surface area contributed by atoms with Crippen LogP contribution in [0.1, 0.15) is 5.56 Å². The van der Waals surface area contributed by atoms with E-state index in [0.717, 1.165) is 10.0 Å². The topological polar surface area (TPSA) is 38.0 Å². The third kappa shape index (κ3) is 2.97. The van der Waals surface area contributed by atoms with E-state index in [1.165, 1.54) is 6.07 Å². The summed E-state index contributed by atoms with van der Waals surface area (Å²) in [6.07, 6.45) is 0. The first-order valence-corrected chi connectivity index (χ1v) is 5.98. The number of hydrogen-bond donors (Lipinski definition) is 2. The fraction of sp³-hybridized carbons (Fsp3) is 0.0769. The van der Waals surface area contributed by atoms with Crippen LogP contribution in [0.4, 0.5) is 15.8 Å². The molecule has 0 radical (unpaired) electrons. The Balaban J connectivity index is 2.13. The van der Waals surface area contributed by atoms with E-state index in [1.807, 2.05) is 24.3 Å². The van der Waals surface area contributed by atoms with Gasteiger partial charge in [-0.2, -0.15) is 0 Å². The van der Waals surface area contributed by atoms with Crippen LogP contribution in [-0.4, -0.2) is 0 Å². The Hall–Kier alpha value is -1.55. The predicted octanol–water partition coefficient (Wildman–Crippen LogP) is 3.78. The Morgan fingerprint density at radius 1 is 1.18 bits per heavy atom. The summed E-state index contributed by atoms with van der Waals surface area (Å²) in [6.45, 7) is 0.532. The molecule has 0 heterocycles. The van der Waals surface area contributed by atoms with Crippen LogP contribution in [0.15, 0.2) is 46.9 Å². The molecule has 0 spiro atoms. The minimum absolute atomic E-state index is 0.333. The Bertz CT molecular complexity index is 508. The number of anilines is 2. The molecule has 0 saturated carbocycles. The molecule has 0 aliphatic rings. The highest BCUT2D eigenvalue weighted by atomic mass is 79.9. The van der Waals surface area contributed by atoms with Crippen LogP contribution in [0, 0.1) is 5.82 Å². The number of nitrogen functional groups attached to an aromatic ring is 1. The molecule has 0 aliphatic heterocycles. The zero-order valence-corrected chi connectivity index (χ0v) is 10.7. The zero-order valence-electron chi connectivity index (χ0n) is 9.08. The molecule has 4 heteroatoms. The minimum Gasteiger partial charge on any atom is -0.397 e. The van der Waals surface area contributed by atoms with Crippen molar-refractivity contribution in [3.8, 4) is 0 Å². The molecule has 17 heavy (non-hydrogen) atoms. The Morgan fingerprint density at radius 2 is 1.94 bits per heavy atom. The molecule has 0 bridgehead atoms. The molecule has 3 N–H and O–H groups in total. The van der Waals surface area contributed by atoms with Gasteiger partial charge in [-0.15, -0.1) is 0 Å². The lowest BCUT2D eigenvalue weighted by atomic mass is 10.2. The lowest BCUT2D eigenvalue weighted by Crippen LogP contribution is -2.04. The van der Waals surface area contributed by atoms with E-state index in [9.17, 15) is 4.39 Å². The van der Waals surface area contributed by atoms with Crippen LogP contribution in [0.2, 0.25) is 0 Å². The fourth-order valence-corrected chi connectivity index (χ4v) is 2.01. The second-order valence-corrected chi connectivity index (χ2v) is 4.60. The van der Waals surface area contributed by atoms with Gasteiger partial charge in [0.15, 0.2) is 0 Å². The molecular formula is C13H12BrFN2. The van der Waals surface area contributed by atoms with Crippen molar-refractivity contribution in [2.75, 3.05) is 11.1 Å². The van der Waals surface area contributed by atoms with Gasteiger partial charge in [0.25, 0.3) is 0 Å². The summed E-state index contributed by atoms with van der Waals surface area (Å²) in [5, 5.41) is 3.00. The van der Waals surface area contributed by atoms with E-state index in [2.05, 4.69) is 21.2 Å². The third-order valence-corrected chi connectivity index (χ3v) is 2.90. The highest BCUT2D eigenvalue weighted by Gasteiger charge is 2.05. The third-order valence-electron chi connectivity index (χ3n) is 2.40. The van der Waals surface area contributed by atoms with Crippen LogP contribution >= 0.6 is 15.9 Å². The van der Waals surface area contributed by atoms with Crippen molar-refractivity contribution in [3.63, 3.8) is 0 Å². The van der Waals surface area contributed by atoms with Crippen LogP contribution in [0.3, 0.4) is 0 Å². The van der Waals surface area contributed by atoms with Crippen molar-refractivity contribution in [2.45, 2.75) is 6.54 Å². The summed E-state index contributed by atoms with van der Waals surface area (Å²) in [4.78, 5) is 0. The molecule has 0 fully saturated rings. The van der Waals surface area contributed by atoms with Crippen molar-refractivity contribution < 1.29 is 4.39 Å². The summed E-state index contributed by atoms with van der Waals surface area (Å²) >= 11 is 3.39. The lowest BCUT2D eigenvalue weighted by Gasteiger charge is -2.10. The van der Waals surface area contributed by atoms with Gasteiger partial charge in [-0.05, 0) is 29.8 Å². The molecule has 0 aromatic heterocycles. The molecule has 2 rings (SSSR count). The van der Waals surface area contributed by atoms with Crippen molar-refractivity contribution in [1.29, 1.82) is 0 Å². The lowest BCUT2D eigenvalue weighted by molar-refractivity contribution is 0.631. The van der Waals surface area contributed by atoms with Gasteiger partial charge in [0.05, 0.1) is 11.4 Å². The Morgan fingerprint density at radius 3 is 2.65 bits per heavy atom. The van der Waals surface area contributed by atoms with E-state index in [1.54, 1.807) is 12.1 Å². The van der Waals surface area contributed by atoms with Gasteiger partial charge in [0.1, 0.15) is 5.82 Å². The van der Waals surface area contributed by atoms with Gasteiger partial charge in [0.2, 0.25) is 0 Å². The Labute approximate surface area is 108 Å². The average molecular weight is 295 g/mol. The maximum Gasteiger partial charge on any atom is 0.148 e. The largest absolute Gasteiger partial charge is 0.397 e. The Kier molecular flexibility index (Phi) is 3.64. The summed E-state index contributed by atoms with van der Waals surface area (Å²) < 4.78 is 14.5. The van der Waals surface area contributed by atoms with Crippen LogP contribution in [-0.2, 0) is 6.54 Å². The summed E-state index contributed by atoms with van der Waals surface area (Å²) in [7, 11) is 0. The number of halogens is 2. The molecule has 0 amide bonds. The molecule has 0 aliphatic carbocycles. The SMILES string of the molecule is Nc1cccc(F)c1NCc1cccc(Br)c1. The predicted molar refractivity (Wildman–Crippen MR) is 72.3 cm³/mol. The second-order valence-electron chi connectivity index (χ2n) is 3.69. The van der Waals surface area contributed by atoms with E-state index >= 15 is 0 Å². The molecular weight excluding hydrogens is 283 g/mol. The van der Waals surface area contributed by atoms with Gasteiger partial charge < -0.3 is 11.1 Å². The second kappa shape index (κ2) is 5.19. The molecule has 2 nitrogen and oxygen atoms in total. The number of para-hydroxylation sites is 1. The van der Waals surface area contributed by atoms with Gasteiger partial charge >= 0.3 is 0 Å². The number of benzene rings is 2. The van der Waals surface area contributed by atoms with Crippen molar-refractivity contribution >= 4 is 27.3 Å². The van der Waals surface area contributed by atoms with Gasteiger partial charge in [-0.1, -0.05) is 34.1 Å². The average Bonchev–Trinajstić information content (AvgIpc) is 2.28. The van der Waals surface area contributed by atoms with E-state index < -0.39 is 0 Å². The van der Waals surface area contributed by atoms with E-state index in [4.69, 9.17) is 5.73 Å². The first-order chi connectivity index (χ1) is 8.16. The number of rotatable bonds is 3. The van der Waals surface area contributed by atoms with Crippen molar-refractivity contribution in [2.24, 2.45) is 0 Å². The maximum absolute atomic E-state index is 13.5. The van der Waals surface area contributed by atoms with Crippen LogP contribution in [0.5, 0.6) is 0 Å². The standard InChI is InChI=1S/C13H12BrFN2/c14-10-4-1-3-9(7-10)8-17-13-11(15)5-2-6-12(13)16/h1-7,17H,8,16H2. The highest BCUT2D eigenvalue weighted by Crippen LogP contribution is 2.22. The monoisotopic (exact) mass is 294 g/mol. The minimum atomic E-state index is -0.333. The number of nitrogens with two attached hydrogens (primary N) is 1. The zero-order chi connectivity index (χ0) is 12.3. The van der Waals surface area contributed by atoms with E-state index in [-0.39, 0.29) is 5.82 Å². The van der Waals surface area contributed by atoms with Gasteiger partial charge in [0, 0.05) is 11.0 Å². The molecule has 2 aromatic rings. The highest BCUT2D eigenvalue weighted by molar-refractivity contribution is 9.10. The fourth-order valence-electron chi connectivity index (χ4n) is 1.56. The maximum atomic E-state index is 13.5. The summed E-state index contributed by atoms with van der Waals surface area (Å²) in [5.74, 6) is -0.333. The first kappa shape index (κ1) is 11.9. The first-order valence-electron chi connectivity index (χ1n) is 5.19. The van der Waals surface area contributed by atoms with Gasteiger partial charge in [-0.25, -0.2) is 4.39 Å². The molecule has 0 saturated heterocycles. The van der Waals surface area contributed by atoms with Crippen LogP contribution in [0.25, 0.3) is 0 Å². The number of hydrogen-bond acceptors (Lipinski definition) is 2. The number of nitrogens with one attached hydrogen (secondary N) is 1. The molecule has 88 valence electrons. The quantitative estimate of drug-likeness (QED) is 0.846. The van der Waals surface area contributed by atoms with Crippen LogP contribution < -0.4 is 11.1 Å². The summed E-state index contributed by atoms with van der Waals surface area (Å²) in [6, 6.07) is 12.5.